The molecule has 0 bridgehead atoms. The van der Waals surface area contributed by atoms with Crippen molar-refractivity contribution in [2.75, 3.05) is 10.6 Å². The van der Waals surface area contributed by atoms with Crippen LogP contribution >= 0.6 is 11.6 Å². The molecule has 0 aliphatic heterocycles. The lowest BCUT2D eigenvalue weighted by Crippen LogP contribution is -2.14. The number of rotatable bonds is 4. The summed E-state index contributed by atoms with van der Waals surface area (Å²) in [6.07, 6.45) is 1.95. The lowest BCUT2D eigenvalue weighted by molar-refractivity contribution is -0.117. The zero-order valence-corrected chi connectivity index (χ0v) is 12.6. The fourth-order valence-corrected chi connectivity index (χ4v) is 2.16. The van der Waals surface area contributed by atoms with Crippen LogP contribution in [-0.2, 0) is 4.79 Å². The summed E-state index contributed by atoms with van der Waals surface area (Å²) < 4.78 is 0. The van der Waals surface area contributed by atoms with E-state index >= 15 is 0 Å². The van der Waals surface area contributed by atoms with Crippen LogP contribution in [0.15, 0.2) is 48.5 Å². The third kappa shape index (κ3) is 3.65. The Labute approximate surface area is 133 Å². The SMILES string of the molecule is O=C(Nc1ccc(NC(=O)C2CC2)cc1)c1ccc(Cl)cc1. The fourth-order valence-electron chi connectivity index (χ4n) is 2.03. The number of halogens is 1. The quantitative estimate of drug-likeness (QED) is 0.898. The Morgan fingerprint density at radius 2 is 1.41 bits per heavy atom. The lowest BCUT2D eigenvalue weighted by Gasteiger charge is -2.08. The summed E-state index contributed by atoms with van der Waals surface area (Å²) in [6, 6.07) is 13.8. The Hall–Kier alpha value is -2.33. The summed E-state index contributed by atoms with van der Waals surface area (Å²) in [5, 5.41) is 6.24. The van der Waals surface area contributed by atoms with Gasteiger partial charge in [-0.1, -0.05) is 11.6 Å². The molecule has 3 rings (SSSR count). The number of amides is 2. The first-order chi connectivity index (χ1) is 10.6. The van der Waals surface area contributed by atoms with Crippen molar-refractivity contribution in [2.45, 2.75) is 12.8 Å². The minimum Gasteiger partial charge on any atom is -0.326 e. The van der Waals surface area contributed by atoms with Crippen LogP contribution in [0.25, 0.3) is 0 Å². The highest BCUT2D eigenvalue weighted by Gasteiger charge is 2.29. The number of carbonyl (C=O) groups excluding carboxylic acids is 2. The minimum atomic E-state index is -0.202. The number of benzene rings is 2. The summed E-state index contributed by atoms with van der Waals surface area (Å²) >= 11 is 5.80. The Balaban J connectivity index is 1.61. The number of carbonyl (C=O) groups is 2. The van der Waals surface area contributed by atoms with E-state index in [1.807, 2.05) is 0 Å². The molecule has 4 nitrogen and oxygen atoms in total. The monoisotopic (exact) mass is 314 g/mol. The molecule has 1 saturated carbocycles. The van der Waals surface area contributed by atoms with Crippen molar-refractivity contribution in [3.05, 3.63) is 59.1 Å². The Kier molecular flexibility index (Phi) is 4.11. The smallest absolute Gasteiger partial charge is 0.255 e. The summed E-state index contributed by atoms with van der Waals surface area (Å²) in [5.41, 5.74) is 1.95. The maximum Gasteiger partial charge on any atom is 0.255 e. The van der Waals surface area contributed by atoms with Gasteiger partial charge in [-0.3, -0.25) is 9.59 Å². The lowest BCUT2D eigenvalue weighted by atomic mass is 10.2. The van der Waals surface area contributed by atoms with Crippen LogP contribution in [0.3, 0.4) is 0 Å². The zero-order valence-electron chi connectivity index (χ0n) is 11.8. The van der Waals surface area contributed by atoms with Gasteiger partial charge in [-0.2, -0.15) is 0 Å². The van der Waals surface area contributed by atoms with Crippen LogP contribution in [0.1, 0.15) is 23.2 Å². The third-order valence-electron chi connectivity index (χ3n) is 3.46. The number of hydrogen-bond donors (Lipinski definition) is 2. The van der Waals surface area contributed by atoms with E-state index in [4.69, 9.17) is 11.6 Å². The van der Waals surface area contributed by atoms with Gasteiger partial charge in [0.15, 0.2) is 0 Å². The largest absolute Gasteiger partial charge is 0.326 e. The second-order valence-electron chi connectivity index (χ2n) is 5.30. The Bertz CT molecular complexity index is 692. The maximum absolute atomic E-state index is 12.1. The molecule has 0 unspecified atom stereocenters. The van der Waals surface area contributed by atoms with Crippen molar-refractivity contribution in [2.24, 2.45) is 5.92 Å². The van der Waals surface area contributed by atoms with E-state index in [-0.39, 0.29) is 17.7 Å². The van der Waals surface area contributed by atoms with Gasteiger partial charge in [0.1, 0.15) is 0 Å². The van der Waals surface area contributed by atoms with E-state index in [1.165, 1.54) is 0 Å². The van der Waals surface area contributed by atoms with Gasteiger partial charge in [0, 0.05) is 27.9 Å². The van der Waals surface area contributed by atoms with Crippen LogP contribution in [0.4, 0.5) is 11.4 Å². The predicted octanol–water partition coefficient (Wildman–Crippen LogP) is 3.94. The molecule has 0 radical (unpaired) electrons. The van der Waals surface area contributed by atoms with Crippen LogP contribution in [0.5, 0.6) is 0 Å². The Morgan fingerprint density at radius 3 is 1.95 bits per heavy atom. The summed E-state index contributed by atoms with van der Waals surface area (Å²) in [5.74, 6) is 0.0358. The first kappa shape index (κ1) is 14.6. The molecule has 2 aromatic rings. The van der Waals surface area contributed by atoms with Crippen molar-refractivity contribution >= 4 is 34.8 Å². The van der Waals surface area contributed by atoms with Gasteiger partial charge in [0.25, 0.3) is 5.91 Å². The Morgan fingerprint density at radius 1 is 0.864 bits per heavy atom. The van der Waals surface area contributed by atoms with Gasteiger partial charge in [-0.25, -0.2) is 0 Å². The summed E-state index contributed by atoms with van der Waals surface area (Å²) in [7, 11) is 0. The van der Waals surface area contributed by atoms with Gasteiger partial charge in [-0.05, 0) is 61.4 Å². The number of anilines is 2. The van der Waals surface area contributed by atoms with E-state index < -0.39 is 0 Å². The topological polar surface area (TPSA) is 58.2 Å². The van der Waals surface area contributed by atoms with E-state index in [2.05, 4.69) is 10.6 Å². The second-order valence-corrected chi connectivity index (χ2v) is 5.74. The third-order valence-corrected chi connectivity index (χ3v) is 3.72. The summed E-state index contributed by atoms with van der Waals surface area (Å²) in [4.78, 5) is 23.7. The molecule has 22 heavy (non-hydrogen) atoms. The molecule has 2 amide bonds. The predicted molar refractivity (Wildman–Crippen MR) is 87.2 cm³/mol. The van der Waals surface area contributed by atoms with Gasteiger partial charge in [-0.15, -0.1) is 0 Å². The highest BCUT2D eigenvalue weighted by molar-refractivity contribution is 6.30. The molecule has 0 aromatic heterocycles. The van der Waals surface area contributed by atoms with Gasteiger partial charge < -0.3 is 10.6 Å². The molecule has 0 atom stereocenters. The molecule has 5 heteroatoms. The molecule has 2 N–H and O–H groups in total. The molecule has 0 heterocycles. The average molecular weight is 315 g/mol. The van der Waals surface area contributed by atoms with Crippen LogP contribution in [-0.4, -0.2) is 11.8 Å². The van der Waals surface area contributed by atoms with Gasteiger partial charge in [0.05, 0.1) is 0 Å². The molecular formula is C17H15ClN2O2. The number of nitrogens with one attached hydrogen (secondary N) is 2. The second kappa shape index (κ2) is 6.20. The molecule has 112 valence electrons. The fraction of sp³-hybridized carbons (Fsp3) is 0.176. The maximum atomic E-state index is 12.1. The molecular weight excluding hydrogens is 300 g/mol. The van der Waals surface area contributed by atoms with E-state index in [1.54, 1.807) is 48.5 Å². The normalized spacial score (nSPS) is 13.5. The standard InChI is InChI=1S/C17H15ClN2O2/c18-13-5-3-12(4-6-13)17(22)20-15-9-7-14(8-10-15)19-16(21)11-1-2-11/h3-11H,1-2H2,(H,19,21)(H,20,22). The van der Waals surface area contributed by atoms with Gasteiger partial charge >= 0.3 is 0 Å². The van der Waals surface area contributed by atoms with Crippen molar-refractivity contribution in [3.8, 4) is 0 Å². The highest BCUT2D eigenvalue weighted by atomic mass is 35.5. The van der Waals surface area contributed by atoms with Crippen molar-refractivity contribution in [3.63, 3.8) is 0 Å². The molecule has 2 aromatic carbocycles. The van der Waals surface area contributed by atoms with E-state index in [9.17, 15) is 9.59 Å². The molecule has 0 spiro atoms. The van der Waals surface area contributed by atoms with Crippen molar-refractivity contribution in [1.82, 2.24) is 0 Å². The van der Waals surface area contributed by atoms with Crippen LogP contribution in [0, 0.1) is 5.92 Å². The first-order valence-corrected chi connectivity index (χ1v) is 7.47. The number of hydrogen-bond acceptors (Lipinski definition) is 2. The van der Waals surface area contributed by atoms with Gasteiger partial charge in [0.2, 0.25) is 5.91 Å². The van der Waals surface area contributed by atoms with E-state index in [0.29, 0.717) is 16.3 Å². The molecule has 1 fully saturated rings. The van der Waals surface area contributed by atoms with Crippen molar-refractivity contribution in [1.29, 1.82) is 0 Å². The minimum absolute atomic E-state index is 0.0675. The highest BCUT2D eigenvalue weighted by Crippen LogP contribution is 2.30. The first-order valence-electron chi connectivity index (χ1n) is 7.10. The van der Waals surface area contributed by atoms with Crippen LogP contribution < -0.4 is 10.6 Å². The molecule has 0 saturated heterocycles. The van der Waals surface area contributed by atoms with Crippen molar-refractivity contribution < 1.29 is 9.59 Å². The average Bonchev–Trinajstić information content (AvgIpc) is 3.34. The van der Waals surface area contributed by atoms with Crippen LogP contribution in [0.2, 0.25) is 5.02 Å². The van der Waals surface area contributed by atoms with E-state index in [0.717, 1.165) is 18.5 Å². The zero-order chi connectivity index (χ0) is 15.5. The molecule has 1 aliphatic carbocycles. The molecule has 1 aliphatic rings. The summed E-state index contributed by atoms with van der Waals surface area (Å²) in [6.45, 7) is 0.